The lowest BCUT2D eigenvalue weighted by molar-refractivity contribution is 0.598. The smallest absolute Gasteiger partial charge is 0.0527 e. The standard InChI is InChI=1S/C16H16BrN/c17-14-10-4-6-12-7-5-11-15(16(12)14)18-13-8-2-1-3-9-13/h1-4,6,8-10,15,18H,5,7,11H2. The van der Waals surface area contributed by atoms with Crippen LogP contribution in [0.4, 0.5) is 5.69 Å². The Labute approximate surface area is 116 Å². The van der Waals surface area contributed by atoms with Crippen molar-refractivity contribution in [2.75, 3.05) is 5.32 Å². The van der Waals surface area contributed by atoms with Crippen LogP contribution in [0.25, 0.3) is 0 Å². The van der Waals surface area contributed by atoms with Gasteiger partial charge in [-0.1, -0.05) is 46.3 Å². The van der Waals surface area contributed by atoms with Crippen molar-refractivity contribution in [3.63, 3.8) is 0 Å². The average Bonchev–Trinajstić information content (AvgIpc) is 2.40. The normalized spacial score (nSPS) is 18.2. The van der Waals surface area contributed by atoms with Gasteiger partial charge >= 0.3 is 0 Å². The molecule has 1 aliphatic rings. The van der Waals surface area contributed by atoms with Crippen molar-refractivity contribution in [2.24, 2.45) is 0 Å². The first-order valence-electron chi connectivity index (χ1n) is 6.43. The lowest BCUT2D eigenvalue weighted by Gasteiger charge is -2.28. The second kappa shape index (κ2) is 5.15. The molecular formula is C16H16BrN. The van der Waals surface area contributed by atoms with Crippen LogP contribution in [0.5, 0.6) is 0 Å². The Morgan fingerprint density at radius 3 is 2.67 bits per heavy atom. The minimum absolute atomic E-state index is 0.423. The summed E-state index contributed by atoms with van der Waals surface area (Å²) in [6.45, 7) is 0. The fourth-order valence-electron chi connectivity index (χ4n) is 2.71. The van der Waals surface area contributed by atoms with Crippen LogP contribution in [-0.2, 0) is 6.42 Å². The van der Waals surface area contributed by atoms with Gasteiger partial charge in [-0.25, -0.2) is 0 Å². The molecule has 1 unspecified atom stereocenters. The van der Waals surface area contributed by atoms with E-state index in [1.54, 1.807) is 0 Å². The Morgan fingerprint density at radius 2 is 1.83 bits per heavy atom. The summed E-state index contributed by atoms with van der Waals surface area (Å²) in [4.78, 5) is 0. The number of anilines is 1. The zero-order valence-corrected chi connectivity index (χ0v) is 11.8. The van der Waals surface area contributed by atoms with Crippen molar-refractivity contribution in [2.45, 2.75) is 25.3 Å². The number of benzene rings is 2. The fourth-order valence-corrected chi connectivity index (χ4v) is 3.39. The minimum atomic E-state index is 0.423. The van der Waals surface area contributed by atoms with E-state index in [0.717, 1.165) is 0 Å². The summed E-state index contributed by atoms with van der Waals surface area (Å²) in [7, 11) is 0. The van der Waals surface area contributed by atoms with E-state index in [1.165, 1.54) is 40.5 Å². The average molecular weight is 302 g/mol. The van der Waals surface area contributed by atoms with Crippen LogP contribution in [0.15, 0.2) is 53.0 Å². The fraction of sp³-hybridized carbons (Fsp3) is 0.250. The van der Waals surface area contributed by atoms with E-state index < -0.39 is 0 Å². The Morgan fingerprint density at radius 1 is 1.00 bits per heavy atom. The lowest BCUT2D eigenvalue weighted by atomic mass is 9.87. The minimum Gasteiger partial charge on any atom is -0.378 e. The summed E-state index contributed by atoms with van der Waals surface area (Å²) in [5, 5.41) is 3.65. The molecule has 0 fully saturated rings. The molecule has 0 heterocycles. The van der Waals surface area contributed by atoms with Gasteiger partial charge in [0.15, 0.2) is 0 Å². The van der Waals surface area contributed by atoms with Gasteiger partial charge in [-0.3, -0.25) is 0 Å². The second-order valence-corrected chi connectivity index (χ2v) is 5.62. The number of nitrogens with one attached hydrogen (secondary N) is 1. The number of hydrogen-bond donors (Lipinski definition) is 1. The molecule has 2 aromatic rings. The van der Waals surface area contributed by atoms with Gasteiger partial charge in [0.2, 0.25) is 0 Å². The second-order valence-electron chi connectivity index (χ2n) is 4.77. The van der Waals surface area contributed by atoms with Gasteiger partial charge in [0.1, 0.15) is 0 Å². The Balaban J connectivity index is 1.92. The monoisotopic (exact) mass is 301 g/mol. The Kier molecular flexibility index (Phi) is 3.37. The summed E-state index contributed by atoms with van der Waals surface area (Å²) in [5.41, 5.74) is 4.11. The molecule has 1 nitrogen and oxygen atoms in total. The number of aryl methyl sites for hydroxylation is 1. The molecule has 92 valence electrons. The van der Waals surface area contributed by atoms with E-state index in [0.29, 0.717) is 6.04 Å². The van der Waals surface area contributed by atoms with Gasteiger partial charge in [0.25, 0.3) is 0 Å². The van der Waals surface area contributed by atoms with E-state index in [2.05, 4.69) is 69.8 Å². The molecule has 0 amide bonds. The summed E-state index contributed by atoms with van der Waals surface area (Å²) < 4.78 is 1.23. The molecule has 0 aliphatic heterocycles. The molecule has 2 heteroatoms. The molecule has 0 aromatic heterocycles. The van der Waals surface area contributed by atoms with Crippen molar-refractivity contribution in [1.82, 2.24) is 0 Å². The first-order chi connectivity index (χ1) is 8.84. The van der Waals surface area contributed by atoms with Crippen molar-refractivity contribution in [3.8, 4) is 0 Å². The van der Waals surface area contributed by atoms with Gasteiger partial charge in [-0.2, -0.15) is 0 Å². The van der Waals surface area contributed by atoms with E-state index in [-0.39, 0.29) is 0 Å². The van der Waals surface area contributed by atoms with Crippen molar-refractivity contribution < 1.29 is 0 Å². The molecule has 0 saturated carbocycles. The maximum absolute atomic E-state index is 3.70. The van der Waals surface area contributed by atoms with Gasteiger partial charge < -0.3 is 5.32 Å². The van der Waals surface area contributed by atoms with Crippen LogP contribution in [0.2, 0.25) is 0 Å². The molecule has 1 atom stereocenters. The molecular weight excluding hydrogens is 286 g/mol. The number of halogens is 1. The molecule has 1 N–H and O–H groups in total. The molecule has 0 bridgehead atoms. The highest BCUT2D eigenvalue weighted by Crippen LogP contribution is 2.36. The molecule has 0 saturated heterocycles. The summed E-state index contributed by atoms with van der Waals surface area (Å²) in [6.07, 6.45) is 3.65. The van der Waals surface area contributed by atoms with Gasteiger partial charge in [0.05, 0.1) is 6.04 Å². The topological polar surface area (TPSA) is 12.0 Å². The van der Waals surface area contributed by atoms with Crippen LogP contribution >= 0.6 is 15.9 Å². The zero-order chi connectivity index (χ0) is 12.4. The summed E-state index contributed by atoms with van der Waals surface area (Å²) >= 11 is 3.70. The van der Waals surface area contributed by atoms with Gasteiger partial charge in [-0.15, -0.1) is 0 Å². The van der Waals surface area contributed by atoms with Crippen molar-refractivity contribution >= 4 is 21.6 Å². The highest BCUT2D eigenvalue weighted by atomic mass is 79.9. The van der Waals surface area contributed by atoms with E-state index in [9.17, 15) is 0 Å². The number of para-hydroxylation sites is 1. The van der Waals surface area contributed by atoms with Crippen molar-refractivity contribution in [1.29, 1.82) is 0 Å². The van der Waals surface area contributed by atoms with Crippen molar-refractivity contribution in [3.05, 3.63) is 64.1 Å². The van der Waals surface area contributed by atoms with E-state index >= 15 is 0 Å². The largest absolute Gasteiger partial charge is 0.378 e. The van der Waals surface area contributed by atoms with E-state index in [4.69, 9.17) is 0 Å². The Bertz CT molecular complexity index is 536. The molecule has 1 aliphatic carbocycles. The third kappa shape index (κ3) is 2.30. The summed E-state index contributed by atoms with van der Waals surface area (Å²) in [6, 6.07) is 17.4. The molecule has 3 rings (SSSR count). The van der Waals surface area contributed by atoms with Gasteiger partial charge in [-0.05, 0) is 48.6 Å². The predicted molar refractivity (Wildman–Crippen MR) is 79.9 cm³/mol. The van der Waals surface area contributed by atoms with E-state index in [1.807, 2.05) is 0 Å². The predicted octanol–water partition coefficient (Wildman–Crippen LogP) is 4.94. The lowest BCUT2D eigenvalue weighted by Crippen LogP contribution is -2.17. The number of hydrogen-bond acceptors (Lipinski definition) is 1. The first kappa shape index (κ1) is 11.8. The third-order valence-electron chi connectivity index (χ3n) is 3.55. The highest BCUT2D eigenvalue weighted by Gasteiger charge is 2.22. The van der Waals surface area contributed by atoms with Crippen LogP contribution in [-0.4, -0.2) is 0 Å². The van der Waals surface area contributed by atoms with Crippen LogP contribution < -0.4 is 5.32 Å². The maximum Gasteiger partial charge on any atom is 0.0527 e. The van der Waals surface area contributed by atoms with Crippen LogP contribution in [0, 0.1) is 0 Å². The van der Waals surface area contributed by atoms with Crippen LogP contribution in [0.3, 0.4) is 0 Å². The first-order valence-corrected chi connectivity index (χ1v) is 7.23. The molecule has 0 radical (unpaired) electrons. The van der Waals surface area contributed by atoms with Crippen LogP contribution in [0.1, 0.15) is 30.0 Å². The highest BCUT2D eigenvalue weighted by molar-refractivity contribution is 9.10. The molecule has 18 heavy (non-hydrogen) atoms. The van der Waals surface area contributed by atoms with Gasteiger partial charge in [0, 0.05) is 10.2 Å². The number of fused-ring (bicyclic) bond motifs is 1. The molecule has 0 spiro atoms. The Hall–Kier alpha value is -1.28. The number of rotatable bonds is 2. The SMILES string of the molecule is Brc1cccc2c1C(Nc1ccccc1)CCC2. The third-order valence-corrected chi connectivity index (χ3v) is 4.24. The summed E-state index contributed by atoms with van der Waals surface area (Å²) in [5.74, 6) is 0. The molecule has 2 aromatic carbocycles. The maximum atomic E-state index is 3.70. The quantitative estimate of drug-likeness (QED) is 0.828. The zero-order valence-electron chi connectivity index (χ0n) is 10.2.